The second-order valence-electron chi connectivity index (χ2n) is 5.16. The zero-order valence-electron chi connectivity index (χ0n) is 12.6. The van der Waals surface area contributed by atoms with Gasteiger partial charge < -0.3 is 4.74 Å². The second-order valence-corrected chi connectivity index (χ2v) is 5.16. The number of ether oxygens (including phenoxy) is 1. The molecule has 0 atom stereocenters. The van der Waals surface area contributed by atoms with Gasteiger partial charge in [-0.3, -0.25) is 4.79 Å². The molecular weight excluding hydrogens is 350 g/mol. The highest BCUT2D eigenvalue weighted by atomic mass is 19.4. The largest absolute Gasteiger partial charge is 0.417 e. The van der Waals surface area contributed by atoms with E-state index in [4.69, 9.17) is 4.74 Å². The average Bonchev–Trinajstić information content (AvgIpc) is 2.53. The highest BCUT2D eigenvalue weighted by molar-refractivity contribution is 5.98. The van der Waals surface area contributed by atoms with Crippen LogP contribution in [0.2, 0.25) is 0 Å². The monoisotopic (exact) mass is 362 g/mol. The maximum Gasteiger partial charge on any atom is 0.417 e. The molecule has 2 aromatic carbocycles. The van der Waals surface area contributed by atoms with E-state index in [1.807, 2.05) is 0 Å². The molecule has 0 aliphatic heterocycles. The number of carbonyl (C=O) groups is 1. The molecule has 0 unspecified atom stereocenters. The maximum atomic E-state index is 12.9. The summed E-state index contributed by atoms with van der Waals surface area (Å²) in [5.41, 5.74) is -3.13. The summed E-state index contributed by atoms with van der Waals surface area (Å²) in [6, 6.07) is 9.26. The topological polar surface area (TPSA) is 26.3 Å². The maximum absolute atomic E-state index is 12.9. The van der Waals surface area contributed by atoms with Crippen molar-refractivity contribution in [2.75, 3.05) is 6.61 Å². The highest BCUT2D eigenvalue weighted by Crippen LogP contribution is 2.36. The average molecular weight is 362 g/mol. The van der Waals surface area contributed by atoms with Gasteiger partial charge in [0.2, 0.25) is 0 Å². The number of alkyl halides is 6. The summed E-state index contributed by atoms with van der Waals surface area (Å²) in [6.45, 7) is -0.813. The van der Waals surface area contributed by atoms with Crippen LogP contribution in [0.1, 0.15) is 27.0 Å². The molecule has 0 bridgehead atoms. The van der Waals surface area contributed by atoms with Gasteiger partial charge in [-0.2, -0.15) is 26.3 Å². The predicted molar refractivity (Wildman–Crippen MR) is 76.9 cm³/mol. The van der Waals surface area contributed by atoms with Crippen molar-refractivity contribution in [3.05, 3.63) is 70.8 Å². The van der Waals surface area contributed by atoms with Gasteiger partial charge in [0.1, 0.15) is 6.61 Å². The van der Waals surface area contributed by atoms with Crippen molar-refractivity contribution in [1.82, 2.24) is 0 Å². The Balaban J connectivity index is 2.21. The Morgan fingerprint density at radius 2 is 1.52 bits per heavy atom. The predicted octanol–water partition coefficient (Wildman–Crippen LogP) is 5.12. The van der Waals surface area contributed by atoms with Gasteiger partial charge in [-0.15, -0.1) is 0 Å². The summed E-state index contributed by atoms with van der Waals surface area (Å²) >= 11 is 0. The van der Waals surface area contributed by atoms with Gasteiger partial charge >= 0.3 is 12.4 Å². The van der Waals surface area contributed by atoms with E-state index in [0.717, 1.165) is 0 Å². The van der Waals surface area contributed by atoms with Gasteiger partial charge in [-0.25, -0.2) is 0 Å². The summed E-state index contributed by atoms with van der Waals surface area (Å²) in [7, 11) is 0. The minimum absolute atomic E-state index is 0.0487. The number of ketones is 1. The molecule has 0 fully saturated rings. The Morgan fingerprint density at radius 1 is 0.880 bits per heavy atom. The van der Waals surface area contributed by atoms with Crippen LogP contribution in [0.5, 0.6) is 0 Å². The van der Waals surface area contributed by atoms with Crippen LogP contribution in [0.3, 0.4) is 0 Å². The molecule has 0 saturated heterocycles. The molecule has 0 heterocycles. The quantitative estimate of drug-likeness (QED) is 0.545. The van der Waals surface area contributed by atoms with Crippen molar-refractivity contribution < 1.29 is 35.9 Å². The molecular formula is C17H12F6O2. The van der Waals surface area contributed by atoms with Crippen LogP contribution < -0.4 is 0 Å². The number of benzene rings is 2. The summed E-state index contributed by atoms with van der Waals surface area (Å²) < 4.78 is 82.0. The van der Waals surface area contributed by atoms with Gasteiger partial charge in [-0.1, -0.05) is 30.3 Å². The standard InChI is InChI=1S/C17H12F6O2/c18-16(19,20)12-6-7-14(17(21,22)23)13(8-12)15(24)10-25-9-11-4-2-1-3-5-11/h1-8H,9-10H2. The number of hydrogen-bond donors (Lipinski definition) is 0. The Labute approximate surface area is 139 Å². The van der Waals surface area contributed by atoms with Crippen LogP contribution in [-0.2, 0) is 23.7 Å². The third-order valence-electron chi connectivity index (χ3n) is 3.30. The van der Waals surface area contributed by atoms with Crippen LogP contribution in [0.4, 0.5) is 26.3 Å². The minimum Gasteiger partial charge on any atom is -0.369 e. The SMILES string of the molecule is O=C(COCc1ccccc1)c1cc(C(F)(F)F)ccc1C(F)(F)F. The van der Waals surface area contributed by atoms with Gasteiger partial charge in [0, 0.05) is 5.56 Å². The minimum atomic E-state index is -4.95. The smallest absolute Gasteiger partial charge is 0.369 e. The summed E-state index contributed by atoms with van der Waals surface area (Å²) in [6.07, 6.45) is -9.81. The highest BCUT2D eigenvalue weighted by Gasteiger charge is 2.38. The molecule has 134 valence electrons. The first-order valence-electron chi connectivity index (χ1n) is 7.02. The lowest BCUT2D eigenvalue weighted by Gasteiger charge is -2.15. The van der Waals surface area contributed by atoms with Crippen molar-refractivity contribution in [3.8, 4) is 0 Å². The van der Waals surface area contributed by atoms with E-state index >= 15 is 0 Å². The fourth-order valence-electron chi connectivity index (χ4n) is 2.11. The Kier molecular flexibility index (Phi) is 5.52. The van der Waals surface area contributed by atoms with Crippen LogP contribution in [0.25, 0.3) is 0 Å². The first-order chi connectivity index (χ1) is 11.6. The number of carbonyl (C=O) groups excluding carboxylic acids is 1. The van der Waals surface area contributed by atoms with E-state index in [9.17, 15) is 31.1 Å². The van der Waals surface area contributed by atoms with Gasteiger partial charge in [0.15, 0.2) is 5.78 Å². The normalized spacial score (nSPS) is 12.2. The van der Waals surface area contributed by atoms with Crippen molar-refractivity contribution in [2.24, 2.45) is 0 Å². The Morgan fingerprint density at radius 3 is 2.08 bits per heavy atom. The molecule has 0 aromatic heterocycles. The fraction of sp³-hybridized carbons (Fsp3) is 0.235. The van der Waals surface area contributed by atoms with Crippen molar-refractivity contribution in [3.63, 3.8) is 0 Å². The number of halogens is 6. The second kappa shape index (κ2) is 7.26. The first-order valence-corrected chi connectivity index (χ1v) is 7.02. The van der Waals surface area contributed by atoms with Gasteiger partial charge in [0.25, 0.3) is 0 Å². The van der Waals surface area contributed by atoms with Gasteiger partial charge in [0.05, 0.1) is 17.7 Å². The Hall–Kier alpha value is -2.35. The van der Waals surface area contributed by atoms with E-state index in [-0.39, 0.29) is 18.7 Å². The van der Waals surface area contributed by atoms with E-state index in [2.05, 4.69) is 0 Å². The molecule has 0 aliphatic carbocycles. The first kappa shape index (κ1) is 19.0. The summed E-state index contributed by atoms with van der Waals surface area (Å²) in [4.78, 5) is 12.0. The molecule has 2 aromatic rings. The Bertz CT molecular complexity index is 735. The summed E-state index contributed by atoms with van der Waals surface area (Å²) in [5, 5.41) is 0. The third kappa shape index (κ3) is 5.06. The third-order valence-corrected chi connectivity index (χ3v) is 3.30. The van der Waals surface area contributed by atoms with E-state index in [0.29, 0.717) is 11.6 Å². The summed E-state index contributed by atoms with van der Waals surface area (Å²) in [5.74, 6) is -1.17. The fourth-order valence-corrected chi connectivity index (χ4v) is 2.11. The molecule has 2 rings (SSSR count). The molecule has 2 nitrogen and oxygen atoms in total. The zero-order valence-corrected chi connectivity index (χ0v) is 12.6. The molecule has 0 radical (unpaired) electrons. The number of Topliss-reactive ketones (excluding diaryl/α,β-unsaturated/α-hetero) is 1. The van der Waals surface area contributed by atoms with Crippen LogP contribution in [-0.4, -0.2) is 12.4 Å². The van der Waals surface area contributed by atoms with E-state index in [1.165, 1.54) is 0 Å². The van der Waals surface area contributed by atoms with E-state index in [1.54, 1.807) is 30.3 Å². The zero-order chi connectivity index (χ0) is 18.7. The van der Waals surface area contributed by atoms with Crippen LogP contribution in [0.15, 0.2) is 48.5 Å². The van der Waals surface area contributed by atoms with E-state index < -0.39 is 41.4 Å². The molecule has 0 saturated carbocycles. The number of rotatable bonds is 5. The van der Waals surface area contributed by atoms with Crippen molar-refractivity contribution in [1.29, 1.82) is 0 Å². The van der Waals surface area contributed by atoms with Crippen molar-refractivity contribution >= 4 is 5.78 Å². The molecule has 0 aliphatic rings. The van der Waals surface area contributed by atoms with Gasteiger partial charge in [-0.05, 0) is 23.8 Å². The molecule has 0 N–H and O–H groups in total. The lowest BCUT2D eigenvalue weighted by Crippen LogP contribution is -2.18. The van der Waals surface area contributed by atoms with Crippen LogP contribution >= 0.6 is 0 Å². The molecule has 25 heavy (non-hydrogen) atoms. The lowest BCUT2D eigenvalue weighted by molar-refractivity contribution is -0.141. The lowest BCUT2D eigenvalue weighted by atomic mass is 10.00. The number of hydrogen-bond acceptors (Lipinski definition) is 2. The molecule has 8 heteroatoms. The van der Waals surface area contributed by atoms with Crippen LogP contribution in [0, 0.1) is 0 Å². The van der Waals surface area contributed by atoms with Crippen molar-refractivity contribution in [2.45, 2.75) is 19.0 Å². The molecule has 0 amide bonds. The molecule has 0 spiro atoms.